The smallest absolute Gasteiger partial charge is 0.188 e. The number of benzene rings is 1. The Labute approximate surface area is 125 Å². The molecule has 0 aliphatic rings. The minimum atomic E-state index is -0.174. The lowest BCUT2D eigenvalue weighted by molar-refractivity contribution is 0.607. The largest absolute Gasteiger partial charge is 0.370 e. The molecule has 0 aliphatic carbocycles. The van der Waals surface area contributed by atoms with Crippen molar-refractivity contribution < 1.29 is 4.39 Å². The second kappa shape index (κ2) is 9.13. The predicted octanol–water partition coefficient (Wildman–Crippen LogP) is 2.55. The number of hydrogen-bond acceptors (Lipinski definition) is 1. The lowest BCUT2D eigenvalue weighted by atomic mass is 10.1. The van der Waals surface area contributed by atoms with Crippen LogP contribution in [0.1, 0.15) is 19.4 Å². The van der Waals surface area contributed by atoms with Crippen LogP contribution in [0.25, 0.3) is 0 Å². The van der Waals surface area contributed by atoms with E-state index in [1.165, 1.54) is 6.07 Å². The highest BCUT2D eigenvalue weighted by molar-refractivity contribution is 14.0. The molecule has 0 fully saturated rings. The van der Waals surface area contributed by atoms with Crippen LogP contribution < -0.4 is 11.1 Å². The lowest BCUT2D eigenvalue weighted by Crippen LogP contribution is -2.33. The number of aliphatic imine (C=N–C) groups is 1. The number of nitrogens with zero attached hydrogens (tertiary/aromatic N) is 1. The van der Waals surface area contributed by atoms with Crippen LogP contribution in [0.2, 0.25) is 0 Å². The van der Waals surface area contributed by atoms with Gasteiger partial charge in [-0.2, -0.15) is 0 Å². The third kappa shape index (κ3) is 6.78. The lowest BCUT2D eigenvalue weighted by Gasteiger charge is -2.07. The summed E-state index contributed by atoms with van der Waals surface area (Å²) in [4.78, 5) is 4.17. The van der Waals surface area contributed by atoms with Gasteiger partial charge in [0.1, 0.15) is 5.82 Å². The van der Waals surface area contributed by atoms with Crippen molar-refractivity contribution in [3.63, 3.8) is 0 Å². The summed E-state index contributed by atoms with van der Waals surface area (Å²) in [6, 6.07) is 6.75. The van der Waals surface area contributed by atoms with Gasteiger partial charge in [-0.15, -0.1) is 24.0 Å². The second-order valence-electron chi connectivity index (χ2n) is 4.39. The van der Waals surface area contributed by atoms with Crippen LogP contribution in [0.4, 0.5) is 4.39 Å². The van der Waals surface area contributed by atoms with Gasteiger partial charge in [0.15, 0.2) is 5.96 Å². The number of nitrogens with two attached hydrogens (primary N) is 1. The van der Waals surface area contributed by atoms with Crippen molar-refractivity contribution >= 4 is 29.9 Å². The molecule has 0 heterocycles. The summed E-state index contributed by atoms with van der Waals surface area (Å²) < 4.78 is 13.3. The number of guanidine groups is 1. The molecule has 5 heteroatoms. The van der Waals surface area contributed by atoms with Crippen LogP contribution in [-0.2, 0) is 6.42 Å². The van der Waals surface area contributed by atoms with Crippen LogP contribution in [-0.4, -0.2) is 19.0 Å². The van der Waals surface area contributed by atoms with Crippen molar-refractivity contribution in [2.75, 3.05) is 13.1 Å². The van der Waals surface area contributed by atoms with Gasteiger partial charge >= 0.3 is 0 Å². The first kappa shape index (κ1) is 17.2. The summed E-state index contributed by atoms with van der Waals surface area (Å²) in [7, 11) is 0. The number of hydrogen-bond donors (Lipinski definition) is 2. The van der Waals surface area contributed by atoms with Gasteiger partial charge in [0, 0.05) is 13.1 Å². The molecular formula is C13H21FIN3. The molecular weight excluding hydrogens is 344 g/mol. The van der Waals surface area contributed by atoms with E-state index in [1.807, 2.05) is 6.07 Å². The summed E-state index contributed by atoms with van der Waals surface area (Å²) in [5, 5.41) is 2.97. The zero-order chi connectivity index (χ0) is 12.7. The summed E-state index contributed by atoms with van der Waals surface area (Å²) >= 11 is 0. The van der Waals surface area contributed by atoms with Crippen LogP contribution in [0, 0.1) is 11.7 Å². The number of halogens is 2. The molecule has 1 rings (SSSR count). The maximum atomic E-state index is 13.3. The van der Waals surface area contributed by atoms with E-state index in [9.17, 15) is 4.39 Å². The summed E-state index contributed by atoms with van der Waals surface area (Å²) in [6.07, 6.45) is 0.602. The fourth-order valence-electron chi connectivity index (χ4n) is 1.36. The van der Waals surface area contributed by atoms with E-state index in [2.05, 4.69) is 24.2 Å². The molecule has 0 bridgehead atoms. The molecule has 102 valence electrons. The van der Waals surface area contributed by atoms with Crippen molar-refractivity contribution in [1.82, 2.24) is 5.32 Å². The number of nitrogens with one attached hydrogen (secondary N) is 1. The minimum absolute atomic E-state index is 0. The Hall–Kier alpha value is -0.850. The fourth-order valence-corrected chi connectivity index (χ4v) is 1.36. The predicted molar refractivity (Wildman–Crippen MR) is 84.8 cm³/mol. The van der Waals surface area contributed by atoms with Crippen molar-refractivity contribution in [3.8, 4) is 0 Å². The SMILES string of the molecule is CC(C)CN=C(N)NCCc1ccccc1F.I. The first-order valence-electron chi connectivity index (χ1n) is 5.86. The van der Waals surface area contributed by atoms with Crippen LogP contribution in [0.5, 0.6) is 0 Å². The highest BCUT2D eigenvalue weighted by Crippen LogP contribution is 2.05. The topological polar surface area (TPSA) is 50.4 Å². The zero-order valence-electron chi connectivity index (χ0n) is 10.8. The Morgan fingerprint density at radius 3 is 2.67 bits per heavy atom. The number of rotatable bonds is 5. The third-order valence-corrected chi connectivity index (χ3v) is 2.29. The van der Waals surface area contributed by atoms with E-state index in [0.29, 0.717) is 37.0 Å². The Morgan fingerprint density at radius 1 is 1.39 bits per heavy atom. The molecule has 0 unspecified atom stereocenters. The maximum absolute atomic E-state index is 13.3. The molecule has 0 aromatic heterocycles. The van der Waals surface area contributed by atoms with Gasteiger partial charge in [-0.05, 0) is 24.0 Å². The quantitative estimate of drug-likeness (QED) is 0.479. The third-order valence-electron chi connectivity index (χ3n) is 2.29. The minimum Gasteiger partial charge on any atom is -0.370 e. The van der Waals surface area contributed by atoms with Crippen LogP contribution >= 0.6 is 24.0 Å². The Bertz CT molecular complexity index is 380. The van der Waals surface area contributed by atoms with Crippen molar-refractivity contribution in [2.24, 2.45) is 16.6 Å². The molecule has 0 amide bonds. The molecule has 3 N–H and O–H groups in total. The van der Waals surface area contributed by atoms with Gasteiger partial charge < -0.3 is 11.1 Å². The standard InChI is InChI=1S/C13H20FN3.HI/c1-10(2)9-17-13(15)16-8-7-11-5-3-4-6-12(11)14;/h3-6,10H,7-9H2,1-2H3,(H3,15,16,17);1H. The molecule has 3 nitrogen and oxygen atoms in total. The van der Waals surface area contributed by atoms with Gasteiger partial charge in [0.05, 0.1) is 0 Å². The monoisotopic (exact) mass is 365 g/mol. The van der Waals surface area contributed by atoms with E-state index < -0.39 is 0 Å². The summed E-state index contributed by atoms with van der Waals surface area (Å²) in [5.41, 5.74) is 6.36. The molecule has 1 aromatic carbocycles. The first-order chi connectivity index (χ1) is 8.09. The van der Waals surface area contributed by atoms with Crippen molar-refractivity contribution in [3.05, 3.63) is 35.6 Å². The molecule has 0 spiro atoms. The molecule has 0 atom stereocenters. The average molecular weight is 365 g/mol. The summed E-state index contributed by atoms with van der Waals surface area (Å²) in [6.45, 7) is 5.46. The van der Waals surface area contributed by atoms with Gasteiger partial charge in [-0.1, -0.05) is 32.0 Å². The van der Waals surface area contributed by atoms with Crippen LogP contribution in [0.15, 0.2) is 29.3 Å². The maximum Gasteiger partial charge on any atom is 0.188 e. The van der Waals surface area contributed by atoms with Crippen molar-refractivity contribution in [1.29, 1.82) is 0 Å². The second-order valence-corrected chi connectivity index (χ2v) is 4.39. The molecule has 18 heavy (non-hydrogen) atoms. The fraction of sp³-hybridized carbons (Fsp3) is 0.462. The Morgan fingerprint density at radius 2 is 2.06 bits per heavy atom. The molecule has 0 aliphatic heterocycles. The van der Waals surface area contributed by atoms with Gasteiger partial charge in [-0.3, -0.25) is 4.99 Å². The average Bonchev–Trinajstić information content (AvgIpc) is 2.29. The Balaban J connectivity index is 0.00000289. The van der Waals surface area contributed by atoms with Gasteiger partial charge in [0.2, 0.25) is 0 Å². The van der Waals surface area contributed by atoms with E-state index in [4.69, 9.17) is 5.73 Å². The van der Waals surface area contributed by atoms with E-state index in [1.54, 1.807) is 12.1 Å². The molecule has 0 saturated carbocycles. The Kier molecular flexibility index (Phi) is 8.70. The van der Waals surface area contributed by atoms with Gasteiger partial charge in [0.25, 0.3) is 0 Å². The van der Waals surface area contributed by atoms with Crippen molar-refractivity contribution in [2.45, 2.75) is 20.3 Å². The first-order valence-corrected chi connectivity index (χ1v) is 5.86. The van der Waals surface area contributed by atoms with E-state index in [0.717, 1.165) is 0 Å². The highest BCUT2D eigenvalue weighted by atomic mass is 127. The highest BCUT2D eigenvalue weighted by Gasteiger charge is 2.00. The molecule has 0 saturated heterocycles. The van der Waals surface area contributed by atoms with Crippen LogP contribution in [0.3, 0.4) is 0 Å². The van der Waals surface area contributed by atoms with E-state index in [-0.39, 0.29) is 29.8 Å². The van der Waals surface area contributed by atoms with Gasteiger partial charge in [-0.25, -0.2) is 4.39 Å². The molecule has 1 aromatic rings. The normalized spacial score (nSPS) is 11.2. The zero-order valence-corrected chi connectivity index (χ0v) is 13.1. The summed E-state index contributed by atoms with van der Waals surface area (Å²) in [5.74, 6) is 0.740. The van der Waals surface area contributed by atoms with E-state index >= 15 is 0 Å². The molecule has 0 radical (unpaired) electrons.